The van der Waals surface area contributed by atoms with Crippen molar-refractivity contribution in [3.8, 4) is 0 Å². The molecule has 12 heteroatoms. The van der Waals surface area contributed by atoms with Crippen molar-refractivity contribution >= 4 is 23.6 Å². The molecule has 1 aromatic carbocycles. The van der Waals surface area contributed by atoms with Crippen LogP contribution in [0.5, 0.6) is 0 Å². The van der Waals surface area contributed by atoms with E-state index in [1.165, 1.54) is 17.3 Å². The summed E-state index contributed by atoms with van der Waals surface area (Å²) in [5.41, 5.74) is 1.81. The summed E-state index contributed by atoms with van der Waals surface area (Å²) in [6.07, 6.45) is 1.67. The fourth-order valence-corrected chi connectivity index (χ4v) is 7.53. The largest absolute Gasteiger partial charge is 0.388 e. The molecule has 10 nitrogen and oxygen atoms in total. The van der Waals surface area contributed by atoms with E-state index in [0.717, 1.165) is 37.0 Å². The highest BCUT2D eigenvalue weighted by Crippen LogP contribution is 2.41. The number of alkyl halides is 1. The van der Waals surface area contributed by atoms with Gasteiger partial charge in [-0.05, 0) is 81.7 Å². The highest BCUT2D eigenvalue weighted by atomic mass is 32.2. The zero-order chi connectivity index (χ0) is 31.9. The maximum absolute atomic E-state index is 13.7. The second-order valence-electron chi connectivity index (χ2n) is 12.7. The monoisotopic (exact) mass is 649 g/mol. The number of aliphatic hydroxyl groups excluding tert-OH is 3. The highest BCUT2D eigenvalue weighted by molar-refractivity contribution is 8.00. The normalized spacial score (nSPS) is 30.6. The molecular formula is C33H48FN3O7S. The predicted molar refractivity (Wildman–Crippen MR) is 169 cm³/mol. The van der Waals surface area contributed by atoms with Gasteiger partial charge in [-0.15, -0.1) is 11.8 Å². The molecule has 3 aliphatic heterocycles. The van der Waals surface area contributed by atoms with Gasteiger partial charge < -0.3 is 40.3 Å². The van der Waals surface area contributed by atoms with Crippen LogP contribution in [0.3, 0.4) is 0 Å². The number of thioether (sulfide) groups is 1. The minimum absolute atomic E-state index is 0.0408. The SMILES string of the molecule is C[C@H](Sc1ccc(C(=O)N2CCOCC2)cc1)[C@@H](NC(=O)[C@@H]1CC=C(CCCCF)CCN1)[C@H]1OC(C2CC2)[C@H](O)C(O)C1O. The number of carbonyl (C=O) groups is 2. The summed E-state index contributed by atoms with van der Waals surface area (Å²) >= 11 is 1.48. The average molecular weight is 650 g/mol. The zero-order valence-corrected chi connectivity index (χ0v) is 26.8. The third-order valence-electron chi connectivity index (χ3n) is 9.34. The lowest BCUT2D eigenvalue weighted by molar-refractivity contribution is -0.233. The predicted octanol–water partition coefficient (Wildman–Crippen LogP) is 2.20. The molecule has 3 fully saturated rings. The molecule has 4 aliphatic rings. The molecule has 250 valence electrons. The standard InChI is InChI=1S/C33H48FN3O7S/c1-20(45-24-10-8-23(9-11-24)33(42)37-16-18-43-19-17-37)26(31-29(40)27(38)28(39)30(44-31)22-6-7-22)36-32(41)25-12-5-21(13-15-35-25)4-2-3-14-34/h5,8-11,20,22,25-31,35,38-40H,2-4,6-7,12-19H2,1H3,(H,36,41)/t20-,25-,26+,27?,28+,29?,30?,31+/m0/s1. The van der Waals surface area contributed by atoms with Crippen molar-refractivity contribution in [3.63, 3.8) is 0 Å². The van der Waals surface area contributed by atoms with Gasteiger partial charge in [-0.25, -0.2) is 0 Å². The van der Waals surface area contributed by atoms with E-state index in [4.69, 9.17) is 9.47 Å². The van der Waals surface area contributed by atoms with Crippen LogP contribution in [0.1, 0.15) is 62.2 Å². The van der Waals surface area contributed by atoms with Crippen molar-refractivity contribution in [2.45, 2.75) is 105 Å². The Bertz CT molecular complexity index is 1160. The molecule has 0 radical (unpaired) electrons. The van der Waals surface area contributed by atoms with Crippen molar-refractivity contribution in [3.05, 3.63) is 41.5 Å². The summed E-state index contributed by atoms with van der Waals surface area (Å²) in [6, 6.07) is 6.14. The van der Waals surface area contributed by atoms with Crippen molar-refractivity contribution in [1.29, 1.82) is 0 Å². The van der Waals surface area contributed by atoms with Crippen LogP contribution in [-0.2, 0) is 14.3 Å². The van der Waals surface area contributed by atoms with Crippen LogP contribution in [0.25, 0.3) is 0 Å². The van der Waals surface area contributed by atoms with Crippen LogP contribution in [0.15, 0.2) is 40.8 Å². The number of halogens is 1. The maximum atomic E-state index is 13.7. The number of rotatable bonds is 12. The number of hydrogen-bond donors (Lipinski definition) is 5. The van der Waals surface area contributed by atoms with E-state index in [1.54, 1.807) is 17.0 Å². The maximum Gasteiger partial charge on any atom is 0.254 e. The number of hydrogen-bond acceptors (Lipinski definition) is 9. The summed E-state index contributed by atoms with van der Waals surface area (Å²) in [5, 5.41) is 38.8. The minimum atomic E-state index is -1.40. The molecule has 2 saturated heterocycles. The van der Waals surface area contributed by atoms with Gasteiger partial charge in [-0.3, -0.25) is 14.0 Å². The van der Waals surface area contributed by atoms with Gasteiger partial charge in [0.05, 0.1) is 38.1 Å². The van der Waals surface area contributed by atoms with Crippen molar-refractivity contribution < 1.29 is 38.8 Å². The Kier molecular flexibility index (Phi) is 12.3. The van der Waals surface area contributed by atoms with E-state index >= 15 is 0 Å². The zero-order valence-electron chi connectivity index (χ0n) is 26.0. The van der Waals surface area contributed by atoms with Crippen molar-refractivity contribution in [2.24, 2.45) is 5.92 Å². The Labute approximate surface area is 269 Å². The summed E-state index contributed by atoms with van der Waals surface area (Å²) in [4.78, 5) is 29.3. The summed E-state index contributed by atoms with van der Waals surface area (Å²) in [5.74, 6) is -0.175. The van der Waals surface area contributed by atoms with Gasteiger partial charge in [-0.2, -0.15) is 0 Å². The van der Waals surface area contributed by atoms with E-state index in [2.05, 4.69) is 16.7 Å². The van der Waals surface area contributed by atoms with Crippen LogP contribution < -0.4 is 10.6 Å². The minimum Gasteiger partial charge on any atom is -0.388 e. The quantitative estimate of drug-likeness (QED) is 0.131. The van der Waals surface area contributed by atoms with E-state index < -0.39 is 42.6 Å². The third-order valence-corrected chi connectivity index (χ3v) is 10.6. The summed E-state index contributed by atoms with van der Waals surface area (Å²) in [7, 11) is 0. The van der Waals surface area contributed by atoms with Gasteiger partial charge in [0.1, 0.15) is 24.4 Å². The van der Waals surface area contributed by atoms with Gasteiger partial charge in [0.25, 0.3) is 5.91 Å². The molecule has 3 unspecified atom stereocenters. The lowest BCUT2D eigenvalue weighted by Crippen LogP contribution is -2.66. The first kappa shape index (κ1) is 34.3. The topological polar surface area (TPSA) is 141 Å². The Morgan fingerprint density at radius 2 is 1.82 bits per heavy atom. The number of nitrogens with one attached hydrogen (secondary N) is 2. The van der Waals surface area contributed by atoms with E-state index in [0.29, 0.717) is 51.3 Å². The Morgan fingerprint density at radius 3 is 2.51 bits per heavy atom. The van der Waals surface area contributed by atoms with Crippen LogP contribution in [0.4, 0.5) is 4.39 Å². The molecule has 1 aromatic rings. The fourth-order valence-electron chi connectivity index (χ4n) is 6.44. The number of carbonyl (C=O) groups excluding carboxylic acids is 2. The number of amides is 2. The lowest BCUT2D eigenvalue weighted by Gasteiger charge is -2.45. The average Bonchev–Trinajstić information content (AvgIpc) is 3.92. The second kappa shape index (κ2) is 16.2. The number of nitrogens with zero attached hydrogens (tertiary/aromatic N) is 1. The fraction of sp³-hybridized carbons (Fsp3) is 0.697. The van der Waals surface area contributed by atoms with Crippen LogP contribution in [-0.4, -0.2) is 119 Å². The molecule has 0 bridgehead atoms. The van der Waals surface area contributed by atoms with E-state index in [1.807, 2.05) is 19.1 Å². The Morgan fingerprint density at radius 1 is 1.09 bits per heavy atom. The van der Waals surface area contributed by atoms with Crippen LogP contribution >= 0.6 is 11.8 Å². The van der Waals surface area contributed by atoms with E-state index in [9.17, 15) is 29.3 Å². The third kappa shape index (κ3) is 8.85. The first-order chi connectivity index (χ1) is 21.8. The number of morpholine rings is 1. The number of ether oxygens (including phenoxy) is 2. The number of aliphatic hydroxyl groups is 3. The first-order valence-corrected chi connectivity index (χ1v) is 17.3. The van der Waals surface area contributed by atoms with Gasteiger partial charge >= 0.3 is 0 Å². The molecule has 45 heavy (non-hydrogen) atoms. The van der Waals surface area contributed by atoms with Gasteiger partial charge in [0.2, 0.25) is 5.91 Å². The molecular weight excluding hydrogens is 601 g/mol. The molecule has 1 saturated carbocycles. The molecule has 1 aliphatic carbocycles. The second-order valence-corrected chi connectivity index (χ2v) is 14.1. The molecule has 0 spiro atoms. The Hall–Kier alpha value is -2.06. The molecule has 8 atom stereocenters. The lowest BCUT2D eigenvalue weighted by atomic mass is 9.88. The van der Waals surface area contributed by atoms with Gasteiger partial charge in [-0.1, -0.05) is 18.6 Å². The molecule has 0 aromatic heterocycles. The summed E-state index contributed by atoms with van der Waals surface area (Å²) < 4.78 is 24.2. The molecule has 3 heterocycles. The van der Waals surface area contributed by atoms with E-state index in [-0.39, 0.29) is 29.7 Å². The molecule has 2 amide bonds. The van der Waals surface area contributed by atoms with Crippen LogP contribution in [0.2, 0.25) is 0 Å². The smallest absolute Gasteiger partial charge is 0.254 e. The molecule has 5 N–H and O–H groups in total. The van der Waals surface area contributed by atoms with Gasteiger partial charge in [0.15, 0.2) is 0 Å². The summed E-state index contributed by atoms with van der Waals surface area (Å²) in [6.45, 7) is 4.42. The Balaban J connectivity index is 1.30. The van der Waals surface area contributed by atoms with Crippen molar-refractivity contribution in [2.75, 3.05) is 39.5 Å². The molecule has 5 rings (SSSR count). The first-order valence-electron chi connectivity index (χ1n) is 16.4. The van der Waals surface area contributed by atoms with Crippen LogP contribution in [0, 0.1) is 5.92 Å². The highest BCUT2D eigenvalue weighted by Gasteiger charge is 2.52. The van der Waals surface area contributed by atoms with Gasteiger partial charge in [0, 0.05) is 28.8 Å². The number of benzene rings is 1. The number of unbranched alkanes of at least 4 members (excludes halogenated alkanes) is 1. The van der Waals surface area contributed by atoms with Crippen molar-refractivity contribution in [1.82, 2.24) is 15.5 Å².